The van der Waals surface area contributed by atoms with Crippen molar-refractivity contribution in [2.75, 3.05) is 78.3 Å². The van der Waals surface area contributed by atoms with Crippen molar-refractivity contribution in [3.05, 3.63) is 0 Å². The normalized spacial score (nSPS) is 19.9. The van der Waals surface area contributed by atoms with Crippen molar-refractivity contribution in [1.29, 1.82) is 0 Å². The van der Waals surface area contributed by atoms with Gasteiger partial charge in [0.25, 0.3) is 0 Å². The van der Waals surface area contributed by atoms with Gasteiger partial charge in [0.1, 0.15) is 0 Å². The number of nitrogens with zero attached hydrogens (tertiary/aromatic N) is 4. The summed E-state index contributed by atoms with van der Waals surface area (Å²) in [5, 5.41) is 31.7. The molecule has 0 saturated carbocycles. The number of aliphatic hydroxyl groups excluding tert-OH is 1. The van der Waals surface area contributed by atoms with E-state index >= 15 is 0 Å². The van der Waals surface area contributed by atoms with Crippen LogP contribution in [0.5, 0.6) is 0 Å². The third kappa shape index (κ3) is 18.2. The quantitative estimate of drug-likeness (QED) is 0.202. The number of rotatable bonds is 8. The van der Waals surface area contributed by atoms with Crippen molar-refractivity contribution in [3.63, 3.8) is 0 Å². The smallest absolute Gasteiger partial charge is 0.810 e. The zero-order chi connectivity index (χ0) is 22.0. The first kappa shape index (κ1) is 34.4. The van der Waals surface area contributed by atoms with Gasteiger partial charge in [-0.3, -0.25) is 19.6 Å². The molecule has 0 amide bonds. The van der Waals surface area contributed by atoms with Gasteiger partial charge in [0.15, 0.2) is 0 Å². The van der Waals surface area contributed by atoms with E-state index in [0.29, 0.717) is 32.7 Å². The molecule has 1 aliphatic rings. The van der Waals surface area contributed by atoms with Crippen LogP contribution in [-0.4, -0.2) is 121 Å². The van der Waals surface area contributed by atoms with Crippen LogP contribution in [0.1, 0.15) is 6.92 Å². The number of aliphatic carboxylic acids is 2. The number of carboxylic acids is 2. The molecule has 0 aliphatic carbocycles. The summed E-state index contributed by atoms with van der Waals surface area (Å²) in [6.07, 6.45) is -1.34. The molecule has 1 unspecified atom stereocenters. The van der Waals surface area contributed by atoms with Crippen LogP contribution in [0.4, 0.5) is 0 Å². The first-order valence-electron chi connectivity index (χ1n) is 9.43. The van der Waals surface area contributed by atoms with Crippen LogP contribution >= 0.6 is 7.60 Å². The van der Waals surface area contributed by atoms with Gasteiger partial charge in [0.05, 0.1) is 18.0 Å². The number of hydrogen-bond acceptors (Lipinski definition) is 12. The van der Waals surface area contributed by atoms with Gasteiger partial charge in [-0.25, -0.2) is 0 Å². The van der Waals surface area contributed by atoms with E-state index < -0.39 is 31.9 Å². The molecule has 0 bridgehead atoms. The first-order chi connectivity index (χ1) is 13.4. The summed E-state index contributed by atoms with van der Waals surface area (Å²) in [5.41, 5.74) is 0. The van der Waals surface area contributed by atoms with Crippen molar-refractivity contribution >= 4 is 19.5 Å². The molecular weight excluding hydrogens is 587 g/mol. The molecule has 1 rings (SSSR count). The van der Waals surface area contributed by atoms with Crippen LogP contribution in [-0.2, 0) is 14.2 Å². The van der Waals surface area contributed by atoms with Gasteiger partial charge < -0.3 is 39.3 Å². The number of carboxylic acid groups (broad SMARTS) is 2. The monoisotopic (exact) mass is 617 g/mol. The molecule has 0 spiro atoms. The molecule has 1 aliphatic heterocycles. The number of aliphatic hydroxyl groups is 1. The molecule has 1 radical (unpaired) electrons. The Balaban J connectivity index is 0. The van der Waals surface area contributed by atoms with Gasteiger partial charge in [-0.2, -0.15) is 0 Å². The molecular formula is C16H29GdN4NaO8P. The summed E-state index contributed by atoms with van der Waals surface area (Å²) >= 11 is 0. The topological polar surface area (TPSA) is 177 Å². The van der Waals surface area contributed by atoms with E-state index in [1.165, 1.54) is 4.90 Å². The van der Waals surface area contributed by atoms with E-state index in [2.05, 4.69) is 0 Å². The first-order valence-corrected chi connectivity index (χ1v) is 11.2. The van der Waals surface area contributed by atoms with Crippen molar-refractivity contribution in [1.82, 2.24) is 19.6 Å². The maximum Gasteiger partial charge on any atom is 3.00 e. The Morgan fingerprint density at radius 1 is 0.839 bits per heavy atom. The van der Waals surface area contributed by atoms with Gasteiger partial charge in [-0.15, -0.1) is 0 Å². The maximum atomic E-state index is 11.2. The second-order valence-corrected chi connectivity index (χ2v) is 8.82. The fraction of sp³-hybridized carbons (Fsp3) is 0.875. The van der Waals surface area contributed by atoms with Gasteiger partial charge >= 0.3 is 69.5 Å². The second-order valence-electron chi connectivity index (χ2n) is 7.32. The average Bonchev–Trinajstić information content (AvgIpc) is 2.54. The average molecular weight is 617 g/mol. The minimum atomic E-state index is -4.84. The van der Waals surface area contributed by atoms with Gasteiger partial charge in [0, 0.05) is 78.3 Å². The molecule has 15 heteroatoms. The van der Waals surface area contributed by atoms with Crippen molar-refractivity contribution < 1.29 is 109 Å². The molecule has 12 nitrogen and oxygen atoms in total. The fourth-order valence-electron chi connectivity index (χ4n) is 3.20. The zero-order valence-corrected chi connectivity index (χ0v) is 23.1. The zero-order valence-electron chi connectivity index (χ0n) is 18.0. The predicted molar refractivity (Wildman–Crippen MR) is 95.1 cm³/mol. The van der Waals surface area contributed by atoms with E-state index in [4.69, 9.17) is 0 Å². The maximum absolute atomic E-state index is 11.2. The Morgan fingerprint density at radius 3 is 1.45 bits per heavy atom. The minimum Gasteiger partial charge on any atom is -0.810 e. The molecule has 1 fully saturated rings. The van der Waals surface area contributed by atoms with Gasteiger partial charge in [0.2, 0.25) is 0 Å². The van der Waals surface area contributed by atoms with Crippen molar-refractivity contribution in [2.45, 2.75) is 13.0 Å². The van der Waals surface area contributed by atoms with Crippen LogP contribution < -0.4 is 49.6 Å². The number of hydrogen-bond donors (Lipinski definition) is 1. The summed E-state index contributed by atoms with van der Waals surface area (Å²) in [5.74, 6) is -2.55. The van der Waals surface area contributed by atoms with E-state index in [9.17, 15) is 39.3 Å². The van der Waals surface area contributed by atoms with Gasteiger partial charge in [-0.1, -0.05) is 7.60 Å². The SMILES string of the molecule is CC(O)CN1CCN(CC(=O)[O-])CCN(CP(=O)([O-])[O-])CCN(CC(=O)[O-])CC1.[Gd+3].[Na+]. The molecule has 0 aromatic carbocycles. The molecule has 31 heavy (non-hydrogen) atoms. The van der Waals surface area contributed by atoms with Crippen LogP contribution in [0, 0.1) is 39.9 Å². The Morgan fingerprint density at radius 2 is 1.16 bits per heavy atom. The summed E-state index contributed by atoms with van der Waals surface area (Å²) in [7, 11) is -4.84. The van der Waals surface area contributed by atoms with Crippen LogP contribution in [0.25, 0.3) is 0 Å². The molecule has 0 aromatic heterocycles. The van der Waals surface area contributed by atoms with E-state index in [0.717, 1.165) is 0 Å². The van der Waals surface area contributed by atoms with Crippen molar-refractivity contribution in [3.8, 4) is 0 Å². The van der Waals surface area contributed by atoms with E-state index in [-0.39, 0.29) is 109 Å². The molecule has 175 valence electrons. The Labute approximate surface area is 237 Å². The predicted octanol–water partition coefficient (Wildman–Crippen LogP) is -9.04. The fourth-order valence-corrected chi connectivity index (χ4v) is 3.98. The molecule has 1 atom stereocenters. The number of β-amino-alcohol motifs (C(OH)–C–C–N with tert-alkyl or cyclic N) is 1. The second kappa shape index (κ2) is 17.6. The molecule has 1 N–H and O–H groups in total. The van der Waals surface area contributed by atoms with E-state index in [1.54, 1.807) is 16.7 Å². The third-order valence-electron chi connectivity index (χ3n) is 4.53. The van der Waals surface area contributed by atoms with E-state index in [1.807, 2.05) is 4.90 Å². The van der Waals surface area contributed by atoms with Crippen molar-refractivity contribution in [2.24, 2.45) is 0 Å². The number of carbonyl (C=O) groups is 2. The Kier molecular flexibility index (Phi) is 19.5. The van der Waals surface area contributed by atoms with Gasteiger partial charge in [-0.05, 0) is 6.92 Å². The minimum absolute atomic E-state index is 0. The standard InChI is InChI=1S/C16H33N4O8P.Gd.Na/c1-14(21)10-17-2-4-18(11-15(22)23)6-8-20(13-29(26,27)28)9-7-19(5-3-17)12-16(24)25;;/h14,21H,2-13H2,1H3,(H,22,23)(H,24,25)(H2,26,27,28);;/q;+3;+1/p-4. The molecule has 0 aromatic rings. The third-order valence-corrected chi connectivity index (χ3v) is 5.28. The largest absolute Gasteiger partial charge is 3.00 e. The Hall–Kier alpha value is 1.21. The summed E-state index contributed by atoms with van der Waals surface area (Å²) in [6, 6.07) is 0. The summed E-state index contributed by atoms with van der Waals surface area (Å²) in [6.45, 7) is 3.36. The molecule has 1 heterocycles. The number of carbonyl (C=O) groups excluding carboxylic acids is 2. The van der Waals surface area contributed by atoms with Crippen LogP contribution in [0.3, 0.4) is 0 Å². The Bertz CT molecular complexity index is 554. The van der Waals surface area contributed by atoms with Crippen LogP contribution in [0.15, 0.2) is 0 Å². The molecule has 1 saturated heterocycles. The summed E-state index contributed by atoms with van der Waals surface area (Å²) < 4.78 is 11.2. The summed E-state index contributed by atoms with van der Waals surface area (Å²) in [4.78, 5) is 50.9. The van der Waals surface area contributed by atoms with Crippen LogP contribution in [0.2, 0.25) is 0 Å².